The lowest BCUT2D eigenvalue weighted by Gasteiger charge is -2.16. The van der Waals surface area contributed by atoms with Gasteiger partial charge in [-0.25, -0.2) is 0 Å². The van der Waals surface area contributed by atoms with E-state index < -0.39 is 0 Å². The minimum atomic E-state index is -0.370. The minimum absolute atomic E-state index is 0.0267. The average Bonchev–Trinajstić information content (AvgIpc) is 2.45. The number of carbonyl (C=O) groups excluding carboxylic acids is 1. The van der Waals surface area contributed by atoms with E-state index in [1.165, 1.54) is 6.07 Å². The Balaban J connectivity index is 2.47. The average molecular weight is 292 g/mol. The lowest BCUT2D eigenvalue weighted by Crippen LogP contribution is -2.49. The number of hydrazine groups is 1. The number of amides is 1. The van der Waals surface area contributed by atoms with Crippen LogP contribution in [0.2, 0.25) is 0 Å². The third kappa shape index (κ3) is 5.22. The summed E-state index contributed by atoms with van der Waals surface area (Å²) in [5.74, 6) is -0.370. The molecule has 0 aromatic heterocycles. The lowest BCUT2D eigenvalue weighted by molar-refractivity contribution is 0.0943. The monoisotopic (exact) mass is 292 g/mol. The third-order valence-corrected chi connectivity index (χ3v) is 2.56. The fraction of sp³-hybridized carbons (Fsp3) is 0.308. The highest BCUT2D eigenvalue weighted by atomic mass is 32.1. The zero-order chi connectivity index (χ0) is 15.0. The summed E-state index contributed by atoms with van der Waals surface area (Å²) in [6.07, 6.45) is 0. The van der Waals surface area contributed by atoms with Gasteiger partial charge < -0.3 is 10.1 Å². The second-order valence-electron chi connectivity index (χ2n) is 4.10. The number of nitriles is 1. The van der Waals surface area contributed by atoms with Gasteiger partial charge in [-0.2, -0.15) is 5.26 Å². The number of rotatable bonds is 4. The van der Waals surface area contributed by atoms with Gasteiger partial charge in [-0.15, -0.1) is 0 Å². The van der Waals surface area contributed by atoms with Gasteiger partial charge in [0.05, 0.1) is 18.2 Å². The summed E-state index contributed by atoms with van der Waals surface area (Å²) in [5, 5.41) is 12.0. The van der Waals surface area contributed by atoms with Crippen LogP contribution in [0.3, 0.4) is 0 Å². The number of nitrogens with one attached hydrogen (secondary N) is 3. The van der Waals surface area contributed by atoms with Crippen molar-refractivity contribution < 1.29 is 9.53 Å². The number of ether oxygens (including phenoxy) is 1. The third-order valence-electron chi connectivity index (χ3n) is 2.34. The Morgan fingerprint density at radius 2 is 2.25 bits per heavy atom. The van der Waals surface area contributed by atoms with E-state index in [0.717, 1.165) is 0 Å². The van der Waals surface area contributed by atoms with Crippen molar-refractivity contribution in [3.63, 3.8) is 0 Å². The Kier molecular flexibility index (Phi) is 6.43. The van der Waals surface area contributed by atoms with E-state index >= 15 is 0 Å². The quantitative estimate of drug-likeness (QED) is 0.559. The molecular weight excluding hydrogens is 276 g/mol. The summed E-state index contributed by atoms with van der Waals surface area (Å²) in [7, 11) is 1.60. The molecule has 0 aliphatic carbocycles. The first-order valence-corrected chi connectivity index (χ1v) is 6.33. The van der Waals surface area contributed by atoms with Gasteiger partial charge in [-0.3, -0.25) is 15.6 Å². The van der Waals surface area contributed by atoms with Crippen LogP contribution in [0.25, 0.3) is 0 Å². The maximum atomic E-state index is 11.8. The van der Waals surface area contributed by atoms with E-state index in [-0.39, 0.29) is 11.9 Å². The van der Waals surface area contributed by atoms with E-state index in [1.807, 2.05) is 13.0 Å². The summed E-state index contributed by atoms with van der Waals surface area (Å²) < 4.78 is 4.96. The molecule has 0 heterocycles. The van der Waals surface area contributed by atoms with Gasteiger partial charge in [0, 0.05) is 18.7 Å². The highest BCUT2D eigenvalue weighted by molar-refractivity contribution is 7.80. The van der Waals surface area contributed by atoms with Gasteiger partial charge in [-0.1, -0.05) is 6.07 Å². The molecule has 7 heteroatoms. The van der Waals surface area contributed by atoms with Crippen molar-refractivity contribution in [1.29, 1.82) is 5.26 Å². The van der Waals surface area contributed by atoms with Crippen LogP contribution in [0.5, 0.6) is 0 Å². The van der Waals surface area contributed by atoms with E-state index in [0.29, 0.717) is 22.8 Å². The fourth-order valence-corrected chi connectivity index (χ4v) is 1.72. The normalized spacial score (nSPS) is 11.1. The van der Waals surface area contributed by atoms with Crippen LogP contribution in [0.1, 0.15) is 22.8 Å². The lowest BCUT2D eigenvalue weighted by atomic mass is 10.1. The van der Waals surface area contributed by atoms with Crippen LogP contribution in [0.4, 0.5) is 0 Å². The molecule has 1 rings (SSSR count). The molecule has 0 aliphatic rings. The molecule has 3 N–H and O–H groups in total. The number of nitrogens with zero attached hydrogens (tertiary/aromatic N) is 1. The fourth-order valence-electron chi connectivity index (χ4n) is 1.47. The van der Waals surface area contributed by atoms with Crippen molar-refractivity contribution in [2.24, 2.45) is 0 Å². The second-order valence-corrected chi connectivity index (χ2v) is 4.51. The Bertz CT molecular complexity index is 527. The molecule has 6 nitrogen and oxygen atoms in total. The zero-order valence-electron chi connectivity index (χ0n) is 11.3. The molecule has 1 atom stereocenters. The van der Waals surface area contributed by atoms with Crippen LogP contribution in [-0.2, 0) is 4.74 Å². The summed E-state index contributed by atoms with van der Waals surface area (Å²) in [6.45, 7) is 2.40. The predicted molar refractivity (Wildman–Crippen MR) is 78.8 cm³/mol. The van der Waals surface area contributed by atoms with Gasteiger partial charge in [0.25, 0.3) is 5.91 Å². The van der Waals surface area contributed by atoms with Crippen LogP contribution < -0.4 is 16.2 Å². The molecule has 1 aromatic carbocycles. The highest BCUT2D eigenvalue weighted by Crippen LogP contribution is 2.03. The summed E-state index contributed by atoms with van der Waals surface area (Å²) in [6, 6.07) is 8.39. The maximum Gasteiger partial charge on any atom is 0.269 e. The molecule has 0 spiro atoms. The molecule has 0 saturated heterocycles. The Hall–Kier alpha value is -2.17. The summed E-state index contributed by atoms with van der Waals surface area (Å²) in [4.78, 5) is 11.8. The zero-order valence-corrected chi connectivity index (χ0v) is 12.1. The predicted octanol–water partition coefficient (Wildman–Crippen LogP) is 0.702. The Morgan fingerprint density at radius 1 is 1.50 bits per heavy atom. The van der Waals surface area contributed by atoms with E-state index in [9.17, 15) is 4.79 Å². The second kappa shape index (κ2) is 8.09. The van der Waals surface area contributed by atoms with Crippen LogP contribution >= 0.6 is 12.2 Å². The first-order chi connectivity index (χ1) is 9.56. The van der Waals surface area contributed by atoms with E-state index in [2.05, 4.69) is 16.2 Å². The molecule has 1 amide bonds. The molecule has 0 bridgehead atoms. The van der Waals surface area contributed by atoms with Gasteiger partial charge in [-0.05, 0) is 37.3 Å². The number of methoxy groups -OCH3 is 1. The van der Waals surface area contributed by atoms with Crippen molar-refractivity contribution >= 4 is 23.2 Å². The van der Waals surface area contributed by atoms with Crippen molar-refractivity contribution in [2.75, 3.05) is 13.7 Å². The number of hydrogen-bond acceptors (Lipinski definition) is 4. The first kappa shape index (κ1) is 15.9. The highest BCUT2D eigenvalue weighted by Gasteiger charge is 2.07. The van der Waals surface area contributed by atoms with Crippen LogP contribution in [0, 0.1) is 11.3 Å². The minimum Gasteiger partial charge on any atom is -0.383 e. The molecule has 106 valence electrons. The van der Waals surface area contributed by atoms with Crippen LogP contribution in [-0.4, -0.2) is 30.8 Å². The SMILES string of the molecule is COC[C@H](C)NC(=S)NNC(=O)c1cccc(C#N)c1. The van der Waals surface area contributed by atoms with Crippen LogP contribution in [0.15, 0.2) is 24.3 Å². The standard InChI is InChI=1S/C13H16N4O2S/c1-9(8-19-2)15-13(20)17-16-12(18)11-5-3-4-10(6-11)7-14/h3-6,9H,8H2,1-2H3,(H,16,18)(H2,15,17,20)/t9-/m0/s1. The Labute approximate surface area is 123 Å². The smallest absolute Gasteiger partial charge is 0.269 e. The first-order valence-electron chi connectivity index (χ1n) is 5.92. The number of hydrogen-bond donors (Lipinski definition) is 3. The molecular formula is C13H16N4O2S. The molecule has 0 aliphatic heterocycles. The molecule has 0 saturated carbocycles. The van der Waals surface area contributed by atoms with E-state index in [1.54, 1.807) is 25.3 Å². The van der Waals surface area contributed by atoms with Crippen molar-refractivity contribution in [2.45, 2.75) is 13.0 Å². The van der Waals surface area contributed by atoms with Crippen molar-refractivity contribution in [3.05, 3.63) is 35.4 Å². The number of benzene rings is 1. The topological polar surface area (TPSA) is 86.2 Å². The molecule has 0 fully saturated rings. The summed E-state index contributed by atoms with van der Waals surface area (Å²) in [5.41, 5.74) is 5.85. The van der Waals surface area contributed by atoms with E-state index in [4.69, 9.17) is 22.2 Å². The van der Waals surface area contributed by atoms with Crippen molar-refractivity contribution in [3.8, 4) is 6.07 Å². The largest absolute Gasteiger partial charge is 0.383 e. The van der Waals surface area contributed by atoms with Gasteiger partial charge in [0.1, 0.15) is 0 Å². The number of thiocarbonyl (C=S) groups is 1. The molecule has 1 aromatic rings. The van der Waals surface area contributed by atoms with Gasteiger partial charge >= 0.3 is 0 Å². The maximum absolute atomic E-state index is 11.8. The molecule has 0 radical (unpaired) electrons. The van der Waals surface area contributed by atoms with Gasteiger partial charge in [0.15, 0.2) is 5.11 Å². The summed E-state index contributed by atoms with van der Waals surface area (Å²) >= 11 is 5.02. The molecule has 0 unspecified atom stereocenters. The van der Waals surface area contributed by atoms with Crippen molar-refractivity contribution in [1.82, 2.24) is 16.2 Å². The van der Waals surface area contributed by atoms with Gasteiger partial charge in [0.2, 0.25) is 0 Å². The number of carbonyl (C=O) groups is 1. The molecule has 20 heavy (non-hydrogen) atoms. The Morgan fingerprint density at radius 3 is 2.90 bits per heavy atom.